The number of ether oxygens (including phenoxy) is 2. The van der Waals surface area contributed by atoms with Crippen LogP contribution in [0.5, 0.6) is 11.5 Å². The van der Waals surface area contributed by atoms with E-state index in [1.807, 2.05) is 0 Å². The van der Waals surface area contributed by atoms with Crippen LogP contribution >= 0.6 is 15.9 Å². The minimum absolute atomic E-state index is 0.331. The lowest BCUT2D eigenvalue weighted by atomic mass is 9.95. The van der Waals surface area contributed by atoms with Crippen molar-refractivity contribution in [1.82, 2.24) is 0 Å². The van der Waals surface area contributed by atoms with Crippen molar-refractivity contribution in [3.05, 3.63) is 57.8 Å². The van der Waals surface area contributed by atoms with Crippen LogP contribution in [0, 0.1) is 5.82 Å². The summed E-state index contributed by atoms with van der Waals surface area (Å²) in [6.45, 7) is 0. The van der Waals surface area contributed by atoms with E-state index in [9.17, 15) is 9.50 Å². The number of rotatable bonds is 2. The van der Waals surface area contributed by atoms with Crippen LogP contribution in [0.25, 0.3) is 0 Å². The maximum Gasteiger partial charge on any atom is 0.129 e. The highest BCUT2D eigenvalue weighted by atomic mass is 79.9. The van der Waals surface area contributed by atoms with Gasteiger partial charge in [-0.15, -0.1) is 0 Å². The topological polar surface area (TPSA) is 38.7 Å². The smallest absolute Gasteiger partial charge is 0.129 e. The Morgan fingerprint density at radius 3 is 2.81 bits per heavy atom. The molecule has 1 unspecified atom stereocenters. The number of benzene rings is 2. The number of hydrogen-bond donors (Lipinski definition) is 1. The first-order chi connectivity index (χ1) is 10.1. The maximum absolute atomic E-state index is 13.5. The molecule has 0 aromatic heterocycles. The van der Waals surface area contributed by atoms with Gasteiger partial charge in [-0.25, -0.2) is 4.39 Å². The summed E-state index contributed by atoms with van der Waals surface area (Å²) in [6, 6.07) is 9.75. The molecule has 21 heavy (non-hydrogen) atoms. The first-order valence-electron chi connectivity index (χ1n) is 6.56. The predicted octanol–water partition coefficient (Wildman–Crippen LogP) is 4.15. The fourth-order valence-corrected chi connectivity index (χ4v) is 3.00. The van der Waals surface area contributed by atoms with Gasteiger partial charge in [-0.3, -0.25) is 0 Å². The second kappa shape index (κ2) is 5.66. The molecule has 0 spiro atoms. The van der Waals surface area contributed by atoms with Crippen LogP contribution in [0.1, 0.15) is 29.8 Å². The lowest BCUT2D eigenvalue weighted by Gasteiger charge is -2.30. The Kier molecular flexibility index (Phi) is 3.87. The summed E-state index contributed by atoms with van der Waals surface area (Å²) >= 11 is 3.40. The Labute approximate surface area is 130 Å². The quantitative estimate of drug-likeness (QED) is 0.882. The molecule has 0 aliphatic carbocycles. The van der Waals surface area contributed by atoms with Gasteiger partial charge in [0.1, 0.15) is 23.4 Å². The zero-order valence-corrected chi connectivity index (χ0v) is 12.9. The first-order valence-corrected chi connectivity index (χ1v) is 7.35. The van der Waals surface area contributed by atoms with Crippen LogP contribution in [0.3, 0.4) is 0 Å². The van der Waals surface area contributed by atoms with Gasteiger partial charge in [0.2, 0.25) is 0 Å². The Bertz CT molecular complexity index is 675. The summed E-state index contributed by atoms with van der Waals surface area (Å²) < 4.78 is 25.3. The van der Waals surface area contributed by atoms with Crippen LogP contribution < -0.4 is 9.47 Å². The molecule has 5 heteroatoms. The summed E-state index contributed by atoms with van der Waals surface area (Å²) in [7, 11) is 1.57. The van der Waals surface area contributed by atoms with Crippen LogP contribution in [0.2, 0.25) is 0 Å². The van der Waals surface area contributed by atoms with Gasteiger partial charge in [0.05, 0.1) is 13.2 Å². The van der Waals surface area contributed by atoms with Crippen LogP contribution in [0.15, 0.2) is 40.9 Å². The fourth-order valence-electron chi connectivity index (χ4n) is 2.50. The van der Waals surface area contributed by atoms with E-state index in [1.54, 1.807) is 31.4 Å². The number of hydrogen-bond acceptors (Lipinski definition) is 3. The molecule has 0 fully saturated rings. The van der Waals surface area contributed by atoms with Crippen molar-refractivity contribution in [2.24, 2.45) is 0 Å². The average Bonchev–Trinajstić information content (AvgIpc) is 2.49. The molecule has 0 amide bonds. The number of fused-ring (bicyclic) bond motifs is 1. The number of aliphatic hydroxyl groups excluding tert-OH is 1. The lowest BCUT2D eigenvalue weighted by molar-refractivity contribution is 0.0650. The molecule has 0 saturated heterocycles. The van der Waals surface area contributed by atoms with Gasteiger partial charge >= 0.3 is 0 Å². The van der Waals surface area contributed by atoms with E-state index in [1.165, 1.54) is 12.1 Å². The molecule has 0 saturated carbocycles. The van der Waals surface area contributed by atoms with E-state index in [0.717, 1.165) is 10.0 Å². The van der Waals surface area contributed by atoms with Crippen molar-refractivity contribution in [2.45, 2.75) is 18.6 Å². The summed E-state index contributed by atoms with van der Waals surface area (Å²) in [4.78, 5) is 0. The van der Waals surface area contributed by atoms with E-state index >= 15 is 0 Å². The summed E-state index contributed by atoms with van der Waals surface area (Å²) in [6.07, 6.45) is -0.689. The highest BCUT2D eigenvalue weighted by Crippen LogP contribution is 2.43. The average molecular weight is 353 g/mol. The summed E-state index contributed by atoms with van der Waals surface area (Å²) in [5.41, 5.74) is 1.40. The van der Waals surface area contributed by atoms with Gasteiger partial charge < -0.3 is 14.6 Å². The van der Waals surface area contributed by atoms with Gasteiger partial charge in [-0.05, 0) is 30.3 Å². The Morgan fingerprint density at radius 1 is 1.24 bits per heavy atom. The second-order valence-electron chi connectivity index (χ2n) is 4.93. The van der Waals surface area contributed by atoms with Crippen LogP contribution in [-0.2, 0) is 0 Å². The Morgan fingerprint density at radius 2 is 2.05 bits per heavy atom. The third kappa shape index (κ3) is 2.76. The van der Waals surface area contributed by atoms with Crippen molar-refractivity contribution in [2.75, 3.05) is 7.11 Å². The molecule has 3 nitrogen and oxygen atoms in total. The first kappa shape index (κ1) is 14.4. The molecule has 2 aromatic rings. The summed E-state index contributed by atoms with van der Waals surface area (Å²) in [5, 5.41) is 10.3. The predicted molar refractivity (Wildman–Crippen MR) is 80.0 cm³/mol. The van der Waals surface area contributed by atoms with E-state index in [-0.39, 0.29) is 5.82 Å². The minimum Gasteiger partial charge on any atom is -0.497 e. The summed E-state index contributed by atoms with van der Waals surface area (Å²) in [5.74, 6) is 0.886. The number of methoxy groups -OCH3 is 1. The standard InChI is InChI=1S/C16H14BrFO3/c1-20-10-3-4-11-14(19)8-16(21-15(11)7-10)12-6-9(18)2-5-13(12)17/h2-7,14,16,19H,8H2,1H3/t14-,16?/m0/s1. The zero-order valence-electron chi connectivity index (χ0n) is 11.3. The molecule has 0 bridgehead atoms. The second-order valence-corrected chi connectivity index (χ2v) is 5.78. The van der Waals surface area contributed by atoms with Crippen molar-refractivity contribution in [3.63, 3.8) is 0 Å². The number of halogens is 2. The molecule has 1 N–H and O–H groups in total. The molecule has 1 aliphatic heterocycles. The van der Waals surface area contributed by atoms with Crippen molar-refractivity contribution in [1.29, 1.82) is 0 Å². The van der Waals surface area contributed by atoms with E-state index in [0.29, 0.717) is 23.5 Å². The van der Waals surface area contributed by atoms with Gasteiger partial charge in [0.25, 0.3) is 0 Å². The third-order valence-electron chi connectivity index (χ3n) is 3.59. The monoisotopic (exact) mass is 352 g/mol. The van der Waals surface area contributed by atoms with Crippen LogP contribution in [-0.4, -0.2) is 12.2 Å². The largest absolute Gasteiger partial charge is 0.497 e. The van der Waals surface area contributed by atoms with Crippen molar-refractivity contribution < 1.29 is 19.0 Å². The van der Waals surface area contributed by atoms with Crippen LogP contribution in [0.4, 0.5) is 4.39 Å². The highest BCUT2D eigenvalue weighted by Gasteiger charge is 2.29. The van der Waals surface area contributed by atoms with E-state index in [2.05, 4.69) is 15.9 Å². The van der Waals surface area contributed by atoms with Gasteiger partial charge in [-0.1, -0.05) is 15.9 Å². The van der Waals surface area contributed by atoms with E-state index in [4.69, 9.17) is 9.47 Å². The highest BCUT2D eigenvalue weighted by molar-refractivity contribution is 9.10. The normalized spacial score (nSPS) is 20.6. The molecular formula is C16H14BrFO3. The van der Waals surface area contributed by atoms with Gasteiger partial charge in [0.15, 0.2) is 0 Å². The SMILES string of the molecule is COc1ccc2c(c1)OC(c1cc(F)ccc1Br)C[C@@H]2O. The molecular weight excluding hydrogens is 339 g/mol. The molecule has 3 rings (SSSR count). The Hall–Kier alpha value is -1.59. The van der Waals surface area contributed by atoms with Gasteiger partial charge in [0, 0.05) is 28.1 Å². The molecule has 1 aliphatic rings. The fraction of sp³-hybridized carbons (Fsp3) is 0.250. The van der Waals surface area contributed by atoms with E-state index < -0.39 is 12.2 Å². The molecule has 110 valence electrons. The maximum atomic E-state index is 13.5. The third-order valence-corrected chi connectivity index (χ3v) is 4.31. The molecule has 1 heterocycles. The minimum atomic E-state index is -0.653. The lowest BCUT2D eigenvalue weighted by Crippen LogP contribution is -2.19. The van der Waals surface area contributed by atoms with Gasteiger partial charge in [-0.2, -0.15) is 0 Å². The van der Waals surface area contributed by atoms with Crippen molar-refractivity contribution >= 4 is 15.9 Å². The molecule has 2 aromatic carbocycles. The van der Waals surface area contributed by atoms with Crippen molar-refractivity contribution in [3.8, 4) is 11.5 Å². The molecule has 2 atom stereocenters. The Balaban J connectivity index is 1.98. The number of aliphatic hydroxyl groups is 1. The zero-order chi connectivity index (χ0) is 15.0. The molecule has 0 radical (unpaired) electrons.